The maximum Gasteiger partial charge on any atom is 0.310 e. The molecular weight excluding hydrogens is 214 g/mol. The molecule has 0 aliphatic heterocycles. The molecule has 0 aliphatic rings. The highest BCUT2D eigenvalue weighted by Crippen LogP contribution is 2.26. The number of hydrogen-bond acceptors (Lipinski definition) is 1. The van der Waals surface area contributed by atoms with E-state index in [0.29, 0.717) is 5.02 Å². The van der Waals surface area contributed by atoms with E-state index in [1.807, 2.05) is 12.1 Å². The lowest BCUT2D eigenvalue weighted by Gasteiger charge is -2.06. The predicted molar refractivity (Wildman–Crippen MR) is 59.4 cm³/mol. The molecule has 0 bridgehead atoms. The summed E-state index contributed by atoms with van der Waals surface area (Å²) in [6.07, 6.45) is 1.70. The van der Waals surface area contributed by atoms with Crippen LogP contribution in [0.4, 0.5) is 0 Å². The second-order valence-electron chi connectivity index (χ2n) is 3.50. The molecule has 0 fully saturated rings. The second-order valence-corrected chi connectivity index (χ2v) is 3.91. The average Bonchev–Trinajstić information content (AvgIpc) is 2.59. The molecule has 2 N–H and O–H groups in total. The number of carboxylic acids is 1. The minimum Gasteiger partial charge on any atom is -0.481 e. The first-order chi connectivity index (χ1) is 7.09. The number of benzene rings is 1. The molecule has 2 aromatic rings. The molecule has 0 aliphatic carbocycles. The average molecular weight is 224 g/mol. The van der Waals surface area contributed by atoms with Gasteiger partial charge < -0.3 is 10.1 Å². The van der Waals surface area contributed by atoms with Gasteiger partial charge in [0.15, 0.2) is 0 Å². The third-order valence-electron chi connectivity index (χ3n) is 2.53. The number of nitrogens with one attached hydrogen (secondary N) is 1. The van der Waals surface area contributed by atoms with E-state index in [9.17, 15) is 4.79 Å². The van der Waals surface area contributed by atoms with Gasteiger partial charge in [0.25, 0.3) is 0 Å². The fraction of sp³-hybridized carbons (Fsp3) is 0.182. The monoisotopic (exact) mass is 223 g/mol. The van der Waals surface area contributed by atoms with Gasteiger partial charge >= 0.3 is 5.97 Å². The molecule has 4 heteroatoms. The lowest BCUT2D eigenvalue weighted by atomic mass is 10.0. The molecule has 1 aromatic carbocycles. The Labute approximate surface area is 91.7 Å². The van der Waals surface area contributed by atoms with E-state index >= 15 is 0 Å². The molecule has 0 amide bonds. The zero-order valence-corrected chi connectivity index (χ0v) is 8.88. The Morgan fingerprint density at radius 1 is 1.53 bits per heavy atom. The maximum atomic E-state index is 10.8. The Balaban J connectivity index is 2.52. The highest BCUT2D eigenvalue weighted by molar-refractivity contribution is 6.35. The van der Waals surface area contributed by atoms with E-state index in [2.05, 4.69) is 4.98 Å². The summed E-state index contributed by atoms with van der Waals surface area (Å²) in [5.41, 5.74) is 1.64. The number of aromatic amines is 1. The summed E-state index contributed by atoms with van der Waals surface area (Å²) in [7, 11) is 0. The van der Waals surface area contributed by atoms with Crippen LogP contribution in [0.2, 0.25) is 5.02 Å². The first-order valence-corrected chi connectivity index (χ1v) is 4.96. The van der Waals surface area contributed by atoms with Crippen LogP contribution in [0, 0.1) is 0 Å². The minimum atomic E-state index is -0.827. The van der Waals surface area contributed by atoms with Gasteiger partial charge in [0.05, 0.1) is 10.9 Å². The fourth-order valence-electron chi connectivity index (χ4n) is 1.52. The van der Waals surface area contributed by atoms with E-state index in [1.165, 1.54) is 0 Å². The van der Waals surface area contributed by atoms with Crippen LogP contribution in [0.5, 0.6) is 0 Å². The number of carbonyl (C=O) groups is 1. The second kappa shape index (κ2) is 3.59. The van der Waals surface area contributed by atoms with Crippen LogP contribution in [0.25, 0.3) is 10.9 Å². The normalized spacial score (nSPS) is 12.9. The lowest BCUT2D eigenvalue weighted by Crippen LogP contribution is -2.06. The number of aromatic nitrogens is 1. The molecule has 1 unspecified atom stereocenters. The van der Waals surface area contributed by atoms with Crippen molar-refractivity contribution in [2.75, 3.05) is 0 Å². The quantitative estimate of drug-likeness (QED) is 0.822. The zero-order valence-electron chi connectivity index (χ0n) is 8.12. The smallest absolute Gasteiger partial charge is 0.310 e. The number of halogens is 1. The van der Waals surface area contributed by atoms with E-state index in [4.69, 9.17) is 16.7 Å². The summed E-state index contributed by atoms with van der Waals surface area (Å²) in [5.74, 6) is -1.33. The van der Waals surface area contributed by atoms with Crippen LogP contribution in [0.1, 0.15) is 18.4 Å². The van der Waals surface area contributed by atoms with Crippen molar-refractivity contribution in [1.82, 2.24) is 4.98 Å². The summed E-state index contributed by atoms with van der Waals surface area (Å²) >= 11 is 5.92. The SMILES string of the molecule is CC(C(=O)O)c1ccc2c(Cl)c[nH]c2c1. The van der Waals surface area contributed by atoms with Gasteiger partial charge in [-0.05, 0) is 18.6 Å². The van der Waals surface area contributed by atoms with Crippen molar-refractivity contribution in [3.8, 4) is 0 Å². The molecule has 1 heterocycles. The lowest BCUT2D eigenvalue weighted by molar-refractivity contribution is -0.138. The summed E-state index contributed by atoms with van der Waals surface area (Å²) in [4.78, 5) is 13.8. The highest BCUT2D eigenvalue weighted by atomic mass is 35.5. The molecule has 0 saturated heterocycles. The molecule has 1 aromatic heterocycles. The molecule has 15 heavy (non-hydrogen) atoms. The van der Waals surface area contributed by atoms with Crippen LogP contribution < -0.4 is 0 Å². The molecule has 3 nitrogen and oxygen atoms in total. The van der Waals surface area contributed by atoms with Gasteiger partial charge in [-0.2, -0.15) is 0 Å². The maximum absolute atomic E-state index is 10.8. The van der Waals surface area contributed by atoms with Gasteiger partial charge in [-0.1, -0.05) is 23.7 Å². The number of rotatable bonds is 2. The van der Waals surface area contributed by atoms with E-state index in [-0.39, 0.29) is 0 Å². The molecule has 2 rings (SSSR count). The summed E-state index contributed by atoms with van der Waals surface area (Å²) in [6, 6.07) is 5.45. The molecule has 0 saturated carbocycles. The van der Waals surface area contributed by atoms with E-state index in [0.717, 1.165) is 16.5 Å². The molecule has 0 spiro atoms. The van der Waals surface area contributed by atoms with Crippen LogP contribution in [-0.2, 0) is 4.79 Å². The van der Waals surface area contributed by atoms with Gasteiger partial charge in [0.1, 0.15) is 0 Å². The number of hydrogen-bond donors (Lipinski definition) is 2. The van der Waals surface area contributed by atoms with Gasteiger partial charge in [0.2, 0.25) is 0 Å². The van der Waals surface area contributed by atoms with Crippen molar-refractivity contribution < 1.29 is 9.90 Å². The predicted octanol–water partition coefficient (Wildman–Crippen LogP) is 3.01. The van der Waals surface area contributed by atoms with Gasteiger partial charge in [0, 0.05) is 17.1 Å². The molecule has 0 radical (unpaired) electrons. The Morgan fingerprint density at radius 2 is 2.27 bits per heavy atom. The Bertz CT molecular complexity index is 518. The van der Waals surface area contributed by atoms with Gasteiger partial charge in [-0.15, -0.1) is 0 Å². The van der Waals surface area contributed by atoms with Crippen molar-refractivity contribution in [3.63, 3.8) is 0 Å². The third kappa shape index (κ3) is 1.70. The van der Waals surface area contributed by atoms with Crippen LogP contribution in [-0.4, -0.2) is 16.1 Å². The van der Waals surface area contributed by atoms with Crippen LogP contribution in [0.3, 0.4) is 0 Å². The van der Waals surface area contributed by atoms with Crippen molar-refractivity contribution in [1.29, 1.82) is 0 Å². The van der Waals surface area contributed by atoms with Crippen LogP contribution in [0.15, 0.2) is 24.4 Å². The largest absolute Gasteiger partial charge is 0.481 e. The summed E-state index contributed by atoms with van der Waals surface area (Å²) < 4.78 is 0. The fourth-order valence-corrected chi connectivity index (χ4v) is 1.74. The standard InChI is InChI=1S/C11H10ClNO2/c1-6(11(14)15)7-2-3-8-9(12)5-13-10(8)4-7/h2-6,13H,1H3,(H,14,15). The highest BCUT2D eigenvalue weighted by Gasteiger charge is 2.14. The Hall–Kier alpha value is -1.48. The number of H-pyrrole nitrogens is 1. The number of fused-ring (bicyclic) bond motifs is 1. The van der Waals surface area contributed by atoms with E-state index < -0.39 is 11.9 Å². The minimum absolute atomic E-state index is 0.503. The number of carboxylic acid groups (broad SMARTS) is 1. The van der Waals surface area contributed by atoms with E-state index in [1.54, 1.807) is 19.2 Å². The molecular formula is C11H10ClNO2. The number of aliphatic carboxylic acids is 1. The van der Waals surface area contributed by atoms with Gasteiger partial charge in [-0.25, -0.2) is 0 Å². The zero-order chi connectivity index (χ0) is 11.0. The van der Waals surface area contributed by atoms with Crippen molar-refractivity contribution in [2.24, 2.45) is 0 Å². The summed E-state index contributed by atoms with van der Waals surface area (Å²) in [6.45, 7) is 1.66. The molecule has 1 atom stereocenters. The first kappa shape index (κ1) is 10.1. The van der Waals surface area contributed by atoms with Crippen molar-refractivity contribution in [2.45, 2.75) is 12.8 Å². The Morgan fingerprint density at radius 3 is 2.93 bits per heavy atom. The molecule has 78 valence electrons. The van der Waals surface area contributed by atoms with Gasteiger partial charge in [-0.3, -0.25) is 4.79 Å². The van der Waals surface area contributed by atoms with Crippen LogP contribution >= 0.6 is 11.6 Å². The third-order valence-corrected chi connectivity index (χ3v) is 2.84. The summed E-state index contributed by atoms with van der Waals surface area (Å²) in [5, 5.41) is 10.4. The topological polar surface area (TPSA) is 53.1 Å². The van der Waals surface area contributed by atoms with Crippen molar-refractivity contribution in [3.05, 3.63) is 35.0 Å². The first-order valence-electron chi connectivity index (χ1n) is 4.59. The van der Waals surface area contributed by atoms with Crippen molar-refractivity contribution >= 4 is 28.5 Å². The Kier molecular flexibility index (Phi) is 2.40.